The molecule has 0 aliphatic carbocycles. The van der Waals surface area contributed by atoms with Gasteiger partial charge in [-0.2, -0.15) is 0 Å². The van der Waals surface area contributed by atoms with Crippen molar-refractivity contribution in [1.82, 2.24) is 0 Å². The Bertz CT molecular complexity index is 4750. The average Bonchev–Trinajstić information content (AvgIpc) is 0.757. The van der Waals surface area contributed by atoms with Gasteiger partial charge in [0.25, 0.3) is 0 Å². The summed E-state index contributed by atoms with van der Waals surface area (Å²) in [7, 11) is 1.20. The molecule has 676 valence electrons. The molecule has 6 aromatic rings. The summed E-state index contributed by atoms with van der Waals surface area (Å²) in [6.07, 6.45) is -50.7. The van der Waals surface area contributed by atoms with E-state index in [1.807, 2.05) is 0 Å². The maximum atomic E-state index is 13.6. The average molecular weight is 1760 g/mol. The van der Waals surface area contributed by atoms with E-state index >= 15 is 0 Å². The fourth-order valence-electron chi connectivity index (χ4n) is 13.6. The topological polar surface area (TPSA) is 716 Å². The van der Waals surface area contributed by atoms with Gasteiger partial charge in [0.2, 0.25) is 37.2 Å². The Balaban J connectivity index is 0.742. The summed E-state index contributed by atoms with van der Waals surface area (Å²) in [5, 5.41) is 267. The quantitative estimate of drug-likeness (QED) is 0.00898. The lowest BCUT2D eigenvalue weighted by Crippen LogP contribution is -2.65. The van der Waals surface area contributed by atoms with Crippen molar-refractivity contribution in [3.05, 3.63) is 126 Å². The number of aromatic hydroxyl groups is 5. The highest BCUT2D eigenvalue weighted by molar-refractivity contribution is 5.90. The molecule has 124 heavy (non-hydrogen) atoms. The molecule has 0 bridgehead atoms. The summed E-state index contributed by atoms with van der Waals surface area (Å²) in [5.41, 5.74) is 0.102. The van der Waals surface area contributed by atoms with Crippen LogP contribution >= 0.6 is 0 Å². The first kappa shape index (κ1) is 93.0. The number of aliphatic hydroxyl groups is 20. The van der Waals surface area contributed by atoms with Crippen LogP contribution < -0.4 is 28.4 Å². The van der Waals surface area contributed by atoms with Gasteiger partial charge in [-0.1, -0.05) is 18.2 Å². The molecule has 0 saturated carbocycles. The minimum atomic E-state index is -2.33. The van der Waals surface area contributed by atoms with E-state index in [-0.39, 0.29) is 56.2 Å². The van der Waals surface area contributed by atoms with E-state index in [2.05, 4.69) is 0 Å². The first-order valence-electron chi connectivity index (χ1n) is 37.9. The van der Waals surface area contributed by atoms with E-state index in [1.165, 1.54) is 49.6 Å². The van der Waals surface area contributed by atoms with Crippen LogP contribution in [0, 0.1) is 0 Å². The third-order valence-electron chi connectivity index (χ3n) is 20.6. The molecule has 0 radical (unpaired) electrons. The third kappa shape index (κ3) is 21.0. The molecule has 0 spiro atoms. The molecule has 6 aliphatic rings. The van der Waals surface area contributed by atoms with E-state index in [0.29, 0.717) is 0 Å². The summed E-state index contributed by atoms with van der Waals surface area (Å²) in [6, 6.07) is 17.6. The molecule has 6 aliphatic heterocycles. The van der Waals surface area contributed by atoms with Gasteiger partial charge >= 0.3 is 29.3 Å². The number of hydrogen-bond acceptors (Lipinski definition) is 44. The highest BCUT2D eigenvalue weighted by Crippen LogP contribution is 2.45. The van der Waals surface area contributed by atoms with Crippen LogP contribution in [0.15, 0.2) is 114 Å². The number of phenolic OH excluding ortho intramolecular Hbond substituents is 5. The van der Waals surface area contributed by atoms with Gasteiger partial charge in [0.1, 0.15) is 177 Å². The Labute approximate surface area is 698 Å². The van der Waals surface area contributed by atoms with Crippen LogP contribution in [0.2, 0.25) is 0 Å². The first-order valence-corrected chi connectivity index (χ1v) is 37.9. The Kier molecular flexibility index (Phi) is 30.3. The molecule has 12 rings (SSSR count). The largest absolute Gasteiger partial charge is 0.507 e. The van der Waals surface area contributed by atoms with Gasteiger partial charge in [-0.05, 0) is 83.4 Å². The second-order valence-corrected chi connectivity index (χ2v) is 29.1. The van der Waals surface area contributed by atoms with E-state index in [1.54, 1.807) is 0 Å². The van der Waals surface area contributed by atoms with E-state index in [9.17, 15) is 142 Å². The molecular weight excluding hydrogens is 1670 g/mol. The van der Waals surface area contributed by atoms with Gasteiger partial charge in [-0.3, -0.25) is 0 Å². The number of phenols is 5. The second kappa shape index (κ2) is 40.4. The number of esters is 3. The standard InChI is InChI=1S/C79H90O45/c1-108-43-19-32(8-10-35(43)84)72-45(22-34-41(112-72)20-33(83)21-42(34)115-76-68(104)62(98)56(92)47(24-81)119-76)117-79-73(124-78-71(107)65(101)59(95)50(122-78)27-110-54(90)15-7-31-2-9-36(85)44(18-31)116-77-69(105)63(99)57(93)48(25-82)120-77)66(102)60(96)51(123-79)28-111-53(89)14-6-30-4-12-40(38(87)17-30)114-75-70(106)64(100)58(94)49(121-75)26-109-52(88)13-5-29-3-11-39(37(86)16-29)113-74-67(103)61(97)55(91)46(23-80)118-74/h2-22,46-51,55-71,73-82,91-107H,23-28H2,1H3,(H4-,83,84,85,86,87,90)/p+1/b13-5+,14-6+/t46-,47-,48-,49-,50-,51+,55-,56-,57-,58-,59-,60+,61+,62+,63+,64+,65+,66-,67-,68-,69-,70-,71-,73+,74-,75-,76-,77-,78+,79+/m1/s1. The summed E-state index contributed by atoms with van der Waals surface area (Å²) < 4.78 is 97.0. The van der Waals surface area contributed by atoms with Crippen molar-refractivity contribution in [2.24, 2.45) is 0 Å². The van der Waals surface area contributed by atoms with Gasteiger partial charge in [-0.25, -0.2) is 18.8 Å². The molecule has 0 unspecified atom stereocenters. The van der Waals surface area contributed by atoms with Gasteiger partial charge < -0.3 is 203 Å². The Hall–Kier alpha value is -10.1. The van der Waals surface area contributed by atoms with Crippen molar-refractivity contribution in [2.75, 3.05) is 46.8 Å². The van der Waals surface area contributed by atoms with E-state index < -0.39 is 288 Å². The normalized spacial score (nSPS) is 34.0. The predicted molar refractivity (Wildman–Crippen MR) is 404 cm³/mol. The predicted octanol–water partition coefficient (Wildman–Crippen LogP) is -6.57. The molecule has 7 heterocycles. The summed E-state index contributed by atoms with van der Waals surface area (Å²) in [4.78, 5) is 39.8. The van der Waals surface area contributed by atoms with Crippen LogP contribution in [-0.2, 0) is 61.8 Å². The molecule has 5 aromatic carbocycles. The highest BCUT2D eigenvalue weighted by atomic mass is 16.8. The number of aliphatic hydroxyl groups excluding tert-OH is 20. The van der Waals surface area contributed by atoms with Crippen molar-refractivity contribution in [3.8, 4) is 74.6 Å². The lowest BCUT2D eigenvalue weighted by atomic mass is 9.97. The molecule has 45 heteroatoms. The van der Waals surface area contributed by atoms with Crippen LogP contribution in [0.4, 0.5) is 0 Å². The fraction of sp³-hybridized carbons (Fsp3) is 0.468. The van der Waals surface area contributed by atoms with Crippen molar-refractivity contribution >= 4 is 47.1 Å². The Morgan fingerprint density at radius 3 is 1.13 bits per heavy atom. The maximum absolute atomic E-state index is 13.6. The second-order valence-electron chi connectivity index (χ2n) is 29.1. The van der Waals surface area contributed by atoms with Gasteiger partial charge in [0, 0.05) is 36.4 Å². The van der Waals surface area contributed by atoms with Crippen molar-refractivity contribution in [3.63, 3.8) is 0 Å². The molecular formula is C79H91O45+. The summed E-state index contributed by atoms with van der Waals surface area (Å²) in [6.45, 7) is -5.10. The minimum Gasteiger partial charge on any atom is -0.507 e. The SMILES string of the molecule is COc1cc(-c2[o+]c3cc(O)cc(O[C@@H]4O[C@H](CO)[C@@H](O)[C@H](O)[C@H]4O)c3cc2O[C@H]2O[C@@H](COC(=O)/C=C/c3ccc(O[C@@H]4O[C@H](COC(=O)/C=C/c5ccc(O[C@@H]6O[C@H](CO)[C@@H](O)[C@H](O)[C@H]6O)c(O)c5)[C@@H](O)[C@H](O)[C@H]4O)c(O)c3)[C@H](O)[C@@H](O)[C@@H]2O[C@@H]2O[C@H](COC(=O)C=Cc3ccc(O)c(O[C@@H]4O[C@H](CO)[C@@H](O)[C@H](O)[C@H]4O)c3)[C@@H](O)[C@H](O)[C@H]2O)ccc1O. The summed E-state index contributed by atoms with van der Waals surface area (Å²) >= 11 is 0. The number of ether oxygens (including phenoxy) is 16. The van der Waals surface area contributed by atoms with Crippen molar-refractivity contribution in [2.45, 2.75) is 184 Å². The van der Waals surface area contributed by atoms with Crippen LogP contribution in [0.5, 0.6) is 63.2 Å². The number of rotatable bonds is 29. The lowest BCUT2D eigenvalue weighted by molar-refractivity contribution is -0.358. The number of benzene rings is 5. The first-order chi connectivity index (χ1) is 59.1. The van der Waals surface area contributed by atoms with Crippen molar-refractivity contribution in [1.29, 1.82) is 0 Å². The minimum absolute atomic E-state index is 0.00477. The highest BCUT2D eigenvalue weighted by Gasteiger charge is 2.55. The number of carbonyl (C=O) groups is 3. The Morgan fingerprint density at radius 1 is 0.339 bits per heavy atom. The number of fused-ring (bicyclic) bond motifs is 1. The zero-order valence-electron chi connectivity index (χ0n) is 64.5. The maximum Gasteiger partial charge on any atom is 0.402 e. The van der Waals surface area contributed by atoms with Crippen LogP contribution in [0.3, 0.4) is 0 Å². The zero-order chi connectivity index (χ0) is 89.6. The van der Waals surface area contributed by atoms with Gasteiger partial charge in [-0.15, -0.1) is 0 Å². The van der Waals surface area contributed by atoms with Crippen LogP contribution in [-0.4, -0.2) is 377 Å². The fourth-order valence-corrected chi connectivity index (χ4v) is 13.6. The smallest absolute Gasteiger partial charge is 0.402 e. The monoisotopic (exact) mass is 1760 g/mol. The molecule has 6 fully saturated rings. The van der Waals surface area contributed by atoms with E-state index in [0.717, 1.165) is 85.0 Å². The van der Waals surface area contributed by atoms with Gasteiger partial charge in [0.15, 0.2) is 58.4 Å². The zero-order valence-corrected chi connectivity index (χ0v) is 64.5. The van der Waals surface area contributed by atoms with E-state index in [4.69, 9.17) is 80.2 Å². The third-order valence-corrected chi connectivity index (χ3v) is 20.6. The molecule has 45 nitrogen and oxygen atoms in total. The number of methoxy groups -OCH3 is 1. The van der Waals surface area contributed by atoms with Crippen LogP contribution in [0.25, 0.3) is 40.5 Å². The lowest BCUT2D eigenvalue weighted by Gasteiger charge is -2.45. The van der Waals surface area contributed by atoms with Gasteiger partial charge in [0.05, 0.1) is 38.6 Å². The van der Waals surface area contributed by atoms with Crippen LogP contribution in [0.1, 0.15) is 16.7 Å². The molecule has 25 N–H and O–H groups in total. The number of carbonyl (C=O) groups excluding carboxylic acids is 3. The Morgan fingerprint density at radius 2 is 0.694 bits per heavy atom. The molecule has 1 aromatic heterocycles. The summed E-state index contributed by atoms with van der Waals surface area (Å²) in [5.74, 6) is -8.55. The number of hydrogen-bond donors (Lipinski definition) is 25. The molecule has 0 amide bonds. The van der Waals surface area contributed by atoms with Crippen molar-refractivity contribution < 1.29 is 222 Å². The molecule has 30 atom stereocenters. The molecule has 6 saturated heterocycles.